The molecular weight excluding hydrogens is 284 g/mol. The number of hydrogen-bond acceptors (Lipinski definition) is 4. The van der Waals surface area contributed by atoms with E-state index in [0.717, 1.165) is 31.4 Å². The van der Waals surface area contributed by atoms with Crippen molar-refractivity contribution in [3.05, 3.63) is 24.1 Å². The van der Waals surface area contributed by atoms with Gasteiger partial charge in [0.15, 0.2) is 5.82 Å². The molecule has 1 fully saturated rings. The quantitative estimate of drug-likeness (QED) is 0.913. The van der Waals surface area contributed by atoms with Gasteiger partial charge in [0.25, 0.3) is 5.91 Å². The van der Waals surface area contributed by atoms with Gasteiger partial charge in [-0.3, -0.25) is 14.3 Å². The Bertz CT molecular complexity index is 608. The first-order valence-electron chi connectivity index (χ1n) is 7.56. The fourth-order valence-electron chi connectivity index (χ4n) is 2.86. The third kappa shape index (κ3) is 3.13. The summed E-state index contributed by atoms with van der Waals surface area (Å²) in [5, 5.41) is 7.00. The van der Waals surface area contributed by atoms with Gasteiger partial charge in [-0.1, -0.05) is 0 Å². The number of rotatable bonds is 3. The second kappa shape index (κ2) is 6.21. The Balaban J connectivity index is 1.62. The molecular formula is C15H20N4O3. The third-order valence-electron chi connectivity index (χ3n) is 3.95. The molecule has 0 aromatic carbocycles. The van der Waals surface area contributed by atoms with E-state index in [9.17, 15) is 9.59 Å². The Morgan fingerprint density at radius 3 is 3.05 bits per heavy atom. The molecule has 1 aromatic rings. The molecule has 2 aliphatic heterocycles. The lowest BCUT2D eigenvalue weighted by molar-refractivity contribution is -0.126. The lowest BCUT2D eigenvalue weighted by atomic mass is 10.1. The fraction of sp³-hybridized carbons (Fsp3) is 0.533. The predicted molar refractivity (Wildman–Crippen MR) is 80.0 cm³/mol. The number of carbonyl (C=O) groups is 2. The Kier molecular flexibility index (Phi) is 4.13. The van der Waals surface area contributed by atoms with Crippen molar-refractivity contribution >= 4 is 17.6 Å². The van der Waals surface area contributed by atoms with Gasteiger partial charge in [-0.15, -0.1) is 0 Å². The lowest BCUT2D eigenvalue weighted by Crippen LogP contribution is -2.31. The van der Waals surface area contributed by atoms with Gasteiger partial charge in [-0.25, -0.2) is 0 Å². The van der Waals surface area contributed by atoms with Gasteiger partial charge in [0.2, 0.25) is 5.91 Å². The second-order valence-corrected chi connectivity index (χ2v) is 5.67. The maximum Gasteiger partial charge on any atom is 0.252 e. The number of likely N-dealkylation sites (tertiary alicyclic amines) is 1. The number of aromatic nitrogens is 2. The highest BCUT2D eigenvalue weighted by Crippen LogP contribution is 2.25. The van der Waals surface area contributed by atoms with Crippen LogP contribution in [0.1, 0.15) is 32.2 Å². The summed E-state index contributed by atoms with van der Waals surface area (Å²) in [5.74, 6) is 0.467. The molecule has 3 heterocycles. The first-order chi connectivity index (χ1) is 10.6. The monoisotopic (exact) mass is 304 g/mol. The number of hydrogen-bond donors (Lipinski definition) is 1. The van der Waals surface area contributed by atoms with Crippen LogP contribution in [0.25, 0.3) is 0 Å². The highest BCUT2D eigenvalue weighted by molar-refractivity contribution is 5.93. The number of carbonyl (C=O) groups excluding carboxylic acids is 2. The molecule has 1 saturated heterocycles. The van der Waals surface area contributed by atoms with Crippen LogP contribution < -0.4 is 5.32 Å². The Labute approximate surface area is 128 Å². The van der Waals surface area contributed by atoms with E-state index in [4.69, 9.17) is 4.74 Å². The van der Waals surface area contributed by atoms with E-state index < -0.39 is 0 Å². The molecule has 0 spiro atoms. The van der Waals surface area contributed by atoms with Crippen LogP contribution in [0.15, 0.2) is 24.1 Å². The summed E-state index contributed by atoms with van der Waals surface area (Å²) < 4.78 is 7.07. The van der Waals surface area contributed by atoms with E-state index in [1.54, 1.807) is 12.3 Å². The molecule has 22 heavy (non-hydrogen) atoms. The van der Waals surface area contributed by atoms with Gasteiger partial charge in [-0.05, 0) is 19.3 Å². The lowest BCUT2D eigenvalue weighted by Gasteiger charge is -2.20. The van der Waals surface area contributed by atoms with Gasteiger partial charge in [-0.2, -0.15) is 5.10 Å². The zero-order chi connectivity index (χ0) is 15.5. The molecule has 7 heteroatoms. The standard InChI is InChI=1S/C15H20N4O3/c1-11(20)16-14-5-7-19(17-14)13-4-6-18(9-13)15(21)12-3-2-8-22-10-12/h5,7,10,13H,2-4,6,8-9H2,1H3,(H,16,17,20). The van der Waals surface area contributed by atoms with E-state index in [2.05, 4.69) is 10.4 Å². The van der Waals surface area contributed by atoms with Crippen LogP contribution >= 0.6 is 0 Å². The molecule has 1 atom stereocenters. The Hall–Kier alpha value is -2.31. The molecule has 7 nitrogen and oxygen atoms in total. The van der Waals surface area contributed by atoms with Crippen LogP contribution in [0, 0.1) is 0 Å². The maximum absolute atomic E-state index is 12.4. The van der Waals surface area contributed by atoms with Gasteiger partial charge in [0.05, 0.1) is 24.5 Å². The van der Waals surface area contributed by atoms with Crippen LogP contribution in [0.4, 0.5) is 5.82 Å². The zero-order valence-electron chi connectivity index (χ0n) is 12.6. The average molecular weight is 304 g/mol. The molecule has 2 aliphatic rings. The highest BCUT2D eigenvalue weighted by atomic mass is 16.5. The van der Waals surface area contributed by atoms with Crippen LogP contribution in [0.2, 0.25) is 0 Å². The van der Waals surface area contributed by atoms with Gasteiger partial charge >= 0.3 is 0 Å². The number of nitrogens with zero attached hydrogens (tertiary/aromatic N) is 3. The van der Waals surface area contributed by atoms with Crippen LogP contribution in [0.5, 0.6) is 0 Å². The minimum absolute atomic E-state index is 0.0661. The van der Waals surface area contributed by atoms with Crippen molar-refractivity contribution in [2.45, 2.75) is 32.2 Å². The Morgan fingerprint density at radius 1 is 1.45 bits per heavy atom. The number of ether oxygens (including phenoxy) is 1. The minimum Gasteiger partial charge on any atom is -0.501 e. The average Bonchev–Trinajstić information content (AvgIpc) is 3.15. The van der Waals surface area contributed by atoms with Crippen molar-refractivity contribution < 1.29 is 14.3 Å². The molecule has 2 amide bonds. The number of anilines is 1. The highest BCUT2D eigenvalue weighted by Gasteiger charge is 2.30. The molecule has 1 unspecified atom stereocenters. The summed E-state index contributed by atoms with van der Waals surface area (Å²) >= 11 is 0. The molecule has 1 N–H and O–H groups in total. The van der Waals surface area contributed by atoms with Crippen molar-refractivity contribution in [3.8, 4) is 0 Å². The fourth-order valence-corrected chi connectivity index (χ4v) is 2.86. The second-order valence-electron chi connectivity index (χ2n) is 5.67. The summed E-state index contributed by atoms with van der Waals surface area (Å²) in [4.78, 5) is 25.3. The molecule has 0 saturated carbocycles. The summed E-state index contributed by atoms with van der Waals surface area (Å²) in [6.07, 6.45) is 5.98. The summed E-state index contributed by atoms with van der Waals surface area (Å²) in [7, 11) is 0. The molecule has 118 valence electrons. The van der Waals surface area contributed by atoms with Gasteiger partial charge in [0.1, 0.15) is 0 Å². The third-order valence-corrected chi connectivity index (χ3v) is 3.95. The molecule has 3 rings (SSSR count). The van der Waals surface area contributed by atoms with E-state index in [0.29, 0.717) is 19.0 Å². The van der Waals surface area contributed by atoms with Crippen molar-refractivity contribution in [2.75, 3.05) is 25.0 Å². The summed E-state index contributed by atoms with van der Waals surface area (Å²) in [5.41, 5.74) is 0.756. The number of amides is 2. The molecule has 0 bridgehead atoms. The van der Waals surface area contributed by atoms with Crippen molar-refractivity contribution in [1.29, 1.82) is 0 Å². The first kappa shape index (κ1) is 14.6. The van der Waals surface area contributed by atoms with E-state index in [1.807, 2.05) is 15.8 Å². The topological polar surface area (TPSA) is 76.5 Å². The van der Waals surface area contributed by atoms with Crippen molar-refractivity contribution in [3.63, 3.8) is 0 Å². The molecule has 1 aromatic heterocycles. The van der Waals surface area contributed by atoms with Crippen LogP contribution in [-0.2, 0) is 14.3 Å². The molecule has 0 aliphatic carbocycles. The van der Waals surface area contributed by atoms with Gasteiger partial charge < -0.3 is 15.0 Å². The van der Waals surface area contributed by atoms with Crippen molar-refractivity contribution in [2.24, 2.45) is 0 Å². The predicted octanol–water partition coefficient (Wildman–Crippen LogP) is 1.31. The van der Waals surface area contributed by atoms with Gasteiger partial charge in [0, 0.05) is 32.3 Å². The Morgan fingerprint density at radius 2 is 2.32 bits per heavy atom. The first-order valence-corrected chi connectivity index (χ1v) is 7.56. The maximum atomic E-state index is 12.4. The normalized spacial score (nSPS) is 21.2. The number of nitrogens with one attached hydrogen (secondary N) is 1. The van der Waals surface area contributed by atoms with Crippen molar-refractivity contribution in [1.82, 2.24) is 14.7 Å². The van der Waals surface area contributed by atoms with E-state index in [1.165, 1.54) is 6.92 Å². The van der Waals surface area contributed by atoms with E-state index >= 15 is 0 Å². The van der Waals surface area contributed by atoms with Crippen LogP contribution in [-0.4, -0.2) is 46.2 Å². The smallest absolute Gasteiger partial charge is 0.252 e. The van der Waals surface area contributed by atoms with Crippen LogP contribution in [0.3, 0.4) is 0 Å². The zero-order valence-corrected chi connectivity index (χ0v) is 12.6. The largest absolute Gasteiger partial charge is 0.501 e. The SMILES string of the molecule is CC(=O)Nc1ccn(C2CCN(C(=O)C3=COCCC3)C2)n1. The summed E-state index contributed by atoms with van der Waals surface area (Å²) in [6, 6.07) is 1.92. The van der Waals surface area contributed by atoms with E-state index in [-0.39, 0.29) is 17.9 Å². The molecule has 0 radical (unpaired) electrons. The summed E-state index contributed by atoms with van der Waals surface area (Å²) in [6.45, 7) is 3.50. The minimum atomic E-state index is -0.141.